The number of aliphatic hydroxyl groups is 1. The lowest BCUT2D eigenvalue weighted by atomic mass is 10.1. The van der Waals surface area contributed by atoms with E-state index < -0.39 is 52.5 Å². The number of nitrogens with one attached hydrogen (secondary N) is 1. The Balaban J connectivity index is 2.93. The molecular formula is C10H7F5N2O4. The Labute approximate surface area is 113 Å². The van der Waals surface area contributed by atoms with Crippen molar-refractivity contribution in [3.63, 3.8) is 0 Å². The highest BCUT2D eigenvalue weighted by molar-refractivity contribution is 5.95. The fourth-order valence-corrected chi connectivity index (χ4v) is 1.25. The quantitative estimate of drug-likeness (QED) is 0.501. The fraction of sp³-hybridized carbons (Fsp3) is 0.300. The van der Waals surface area contributed by atoms with Gasteiger partial charge in [-0.2, -0.15) is 17.6 Å². The third kappa shape index (κ3) is 4.08. The van der Waals surface area contributed by atoms with E-state index in [4.69, 9.17) is 5.11 Å². The van der Waals surface area contributed by atoms with E-state index in [2.05, 4.69) is 0 Å². The monoisotopic (exact) mass is 314 g/mol. The molecule has 1 aromatic rings. The Morgan fingerprint density at radius 3 is 2.38 bits per heavy atom. The summed E-state index contributed by atoms with van der Waals surface area (Å²) in [6, 6.07) is 0.313. The van der Waals surface area contributed by atoms with Crippen LogP contribution in [0.15, 0.2) is 12.1 Å². The summed E-state index contributed by atoms with van der Waals surface area (Å²) >= 11 is 0. The number of alkyl halides is 3. The smallest absolute Gasteiger partial charge is 0.382 e. The number of rotatable bonds is 4. The highest BCUT2D eigenvalue weighted by Gasteiger charge is 2.38. The molecule has 2 N–H and O–H groups in total. The van der Waals surface area contributed by atoms with Crippen LogP contribution in [0.1, 0.15) is 10.4 Å². The van der Waals surface area contributed by atoms with E-state index in [0.717, 1.165) is 0 Å². The highest BCUT2D eigenvalue weighted by atomic mass is 19.4. The number of benzene rings is 1. The SMILES string of the molecule is O=C(NCC(O)C(F)(F)F)c1cc([N+](=O)[O-])c(F)cc1F. The number of nitrogens with zero attached hydrogens (tertiary/aromatic N) is 1. The minimum absolute atomic E-state index is 0.0627. The van der Waals surface area contributed by atoms with Crippen LogP contribution in [0.3, 0.4) is 0 Å². The molecule has 0 aliphatic heterocycles. The summed E-state index contributed by atoms with van der Waals surface area (Å²) in [4.78, 5) is 20.6. The van der Waals surface area contributed by atoms with Gasteiger partial charge in [0.2, 0.25) is 5.82 Å². The predicted molar refractivity (Wildman–Crippen MR) is 57.4 cm³/mol. The second-order valence-electron chi connectivity index (χ2n) is 3.81. The zero-order chi connectivity index (χ0) is 16.4. The average Bonchev–Trinajstić information content (AvgIpc) is 2.33. The maximum Gasteiger partial charge on any atom is 0.416 e. The molecule has 21 heavy (non-hydrogen) atoms. The Morgan fingerprint density at radius 1 is 1.33 bits per heavy atom. The van der Waals surface area contributed by atoms with Gasteiger partial charge in [0.05, 0.1) is 17.0 Å². The van der Waals surface area contributed by atoms with Crippen LogP contribution in [0.4, 0.5) is 27.6 Å². The maximum atomic E-state index is 13.3. The number of amides is 1. The standard InChI is InChI=1S/C10H7F5N2O4/c11-5-2-6(12)7(17(20)21)1-4(5)9(19)16-3-8(18)10(13,14)15/h1-2,8,18H,3H2,(H,16,19). The van der Waals surface area contributed by atoms with Gasteiger partial charge in [-0.25, -0.2) is 4.39 Å². The van der Waals surface area contributed by atoms with Crippen LogP contribution in [-0.2, 0) is 0 Å². The molecular weight excluding hydrogens is 307 g/mol. The largest absolute Gasteiger partial charge is 0.416 e. The van der Waals surface area contributed by atoms with E-state index in [-0.39, 0.29) is 12.1 Å². The lowest BCUT2D eigenvalue weighted by Crippen LogP contribution is -2.40. The van der Waals surface area contributed by atoms with E-state index in [9.17, 15) is 36.9 Å². The van der Waals surface area contributed by atoms with Crippen LogP contribution in [0, 0.1) is 21.7 Å². The summed E-state index contributed by atoms with van der Waals surface area (Å²) < 4.78 is 62.3. The van der Waals surface area contributed by atoms with Gasteiger partial charge < -0.3 is 10.4 Å². The number of carbonyl (C=O) groups is 1. The van der Waals surface area contributed by atoms with Gasteiger partial charge in [0.25, 0.3) is 5.91 Å². The van der Waals surface area contributed by atoms with Crippen molar-refractivity contribution in [2.75, 3.05) is 6.54 Å². The molecule has 116 valence electrons. The number of carbonyl (C=O) groups excluding carboxylic acids is 1. The summed E-state index contributed by atoms with van der Waals surface area (Å²) in [5.41, 5.74) is -2.23. The predicted octanol–water partition coefficient (Wildman–Crippen LogP) is 1.53. The minimum Gasteiger partial charge on any atom is -0.382 e. The molecule has 0 heterocycles. The van der Waals surface area contributed by atoms with Crippen molar-refractivity contribution in [1.82, 2.24) is 5.32 Å². The van der Waals surface area contributed by atoms with Gasteiger partial charge in [0, 0.05) is 12.1 Å². The molecule has 0 saturated carbocycles. The molecule has 0 saturated heterocycles. The molecule has 0 fully saturated rings. The molecule has 0 aliphatic carbocycles. The average molecular weight is 314 g/mol. The third-order valence-electron chi connectivity index (χ3n) is 2.31. The molecule has 1 atom stereocenters. The van der Waals surface area contributed by atoms with Crippen LogP contribution in [0.2, 0.25) is 0 Å². The first-order chi connectivity index (χ1) is 9.54. The van der Waals surface area contributed by atoms with Gasteiger partial charge in [0.15, 0.2) is 6.10 Å². The molecule has 1 aromatic carbocycles. The van der Waals surface area contributed by atoms with Crippen molar-refractivity contribution < 1.29 is 36.8 Å². The molecule has 0 aromatic heterocycles. The Morgan fingerprint density at radius 2 is 1.90 bits per heavy atom. The molecule has 1 amide bonds. The van der Waals surface area contributed by atoms with E-state index in [1.165, 1.54) is 5.32 Å². The number of halogens is 5. The Hall–Kier alpha value is -2.30. The zero-order valence-electron chi connectivity index (χ0n) is 9.95. The van der Waals surface area contributed by atoms with E-state index >= 15 is 0 Å². The summed E-state index contributed by atoms with van der Waals surface area (Å²) in [6.07, 6.45) is -7.89. The number of aliphatic hydroxyl groups excluding tert-OH is 1. The number of nitro groups is 1. The number of hydrogen-bond donors (Lipinski definition) is 2. The fourth-order valence-electron chi connectivity index (χ4n) is 1.25. The molecule has 0 radical (unpaired) electrons. The summed E-state index contributed by atoms with van der Waals surface area (Å²) in [6.45, 7) is -1.28. The van der Waals surface area contributed by atoms with Gasteiger partial charge in [-0.05, 0) is 0 Å². The first-order valence-electron chi connectivity index (χ1n) is 5.20. The molecule has 0 spiro atoms. The number of hydrogen-bond acceptors (Lipinski definition) is 4. The molecule has 0 bridgehead atoms. The van der Waals surface area contributed by atoms with Crippen molar-refractivity contribution in [3.05, 3.63) is 39.4 Å². The molecule has 1 rings (SSSR count). The van der Waals surface area contributed by atoms with Crippen LogP contribution >= 0.6 is 0 Å². The van der Waals surface area contributed by atoms with Gasteiger partial charge in [-0.15, -0.1) is 0 Å². The summed E-state index contributed by atoms with van der Waals surface area (Å²) in [5.74, 6) is -4.49. The Kier molecular flexibility index (Phi) is 4.78. The molecule has 0 aliphatic rings. The van der Waals surface area contributed by atoms with Crippen molar-refractivity contribution in [2.45, 2.75) is 12.3 Å². The van der Waals surface area contributed by atoms with Crippen molar-refractivity contribution in [2.24, 2.45) is 0 Å². The maximum absolute atomic E-state index is 13.3. The Bertz CT molecular complexity index is 575. The normalized spacial score (nSPS) is 12.9. The van der Waals surface area contributed by atoms with Gasteiger partial charge in [0.1, 0.15) is 5.82 Å². The van der Waals surface area contributed by atoms with Crippen LogP contribution < -0.4 is 5.32 Å². The molecule has 6 nitrogen and oxygen atoms in total. The highest BCUT2D eigenvalue weighted by Crippen LogP contribution is 2.22. The van der Waals surface area contributed by atoms with Crippen molar-refractivity contribution >= 4 is 11.6 Å². The second kappa shape index (κ2) is 5.99. The lowest BCUT2D eigenvalue weighted by Gasteiger charge is -2.15. The third-order valence-corrected chi connectivity index (χ3v) is 2.31. The van der Waals surface area contributed by atoms with Crippen molar-refractivity contribution in [1.29, 1.82) is 0 Å². The van der Waals surface area contributed by atoms with Crippen LogP contribution in [-0.4, -0.2) is 34.8 Å². The van der Waals surface area contributed by atoms with Gasteiger partial charge in [-0.1, -0.05) is 0 Å². The lowest BCUT2D eigenvalue weighted by molar-refractivity contribution is -0.387. The van der Waals surface area contributed by atoms with E-state index in [1.807, 2.05) is 0 Å². The van der Waals surface area contributed by atoms with Gasteiger partial charge in [-0.3, -0.25) is 14.9 Å². The van der Waals surface area contributed by atoms with Gasteiger partial charge >= 0.3 is 11.9 Å². The second-order valence-corrected chi connectivity index (χ2v) is 3.81. The minimum atomic E-state index is -5.00. The molecule has 11 heteroatoms. The topological polar surface area (TPSA) is 92.5 Å². The summed E-state index contributed by atoms with van der Waals surface area (Å²) in [5, 5.41) is 20.6. The first kappa shape index (κ1) is 16.8. The van der Waals surface area contributed by atoms with Crippen LogP contribution in [0.25, 0.3) is 0 Å². The van der Waals surface area contributed by atoms with Crippen LogP contribution in [0.5, 0.6) is 0 Å². The molecule has 1 unspecified atom stereocenters. The number of nitro benzene ring substituents is 1. The summed E-state index contributed by atoms with van der Waals surface area (Å²) in [7, 11) is 0. The van der Waals surface area contributed by atoms with E-state index in [0.29, 0.717) is 0 Å². The van der Waals surface area contributed by atoms with Crippen molar-refractivity contribution in [3.8, 4) is 0 Å². The van der Waals surface area contributed by atoms with E-state index in [1.54, 1.807) is 0 Å². The first-order valence-corrected chi connectivity index (χ1v) is 5.20. The zero-order valence-corrected chi connectivity index (χ0v) is 9.95.